The number of likely N-dealkylation sites (tertiary alicyclic amines) is 1. The maximum Gasteiger partial charge on any atom is 0.226 e. The Morgan fingerprint density at radius 1 is 1.15 bits per heavy atom. The van der Waals surface area contributed by atoms with Crippen LogP contribution < -0.4 is 0 Å². The fourth-order valence-corrected chi connectivity index (χ4v) is 4.47. The molecule has 3 fully saturated rings. The molecule has 1 heterocycles. The lowest BCUT2D eigenvalue weighted by Crippen LogP contribution is -2.35. The molecule has 1 saturated heterocycles. The summed E-state index contributed by atoms with van der Waals surface area (Å²) in [5.41, 5.74) is 2.69. The molecule has 2 aliphatic carbocycles. The van der Waals surface area contributed by atoms with Crippen LogP contribution in [0.2, 0.25) is 0 Å². The number of nitrogens with zero attached hydrogens (tertiary/aromatic N) is 1. The van der Waals surface area contributed by atoms with Crippen LogP contribution in [0.5, 0.6) is 0 Å². The van der Waals surface area contributed by atoms with Crippen LogP contribution in [-0.2, 0) is 4.79 Å². The fraction of sp³-hybridized carbons (Fsp3) is 0.611. The predicted octanol–water partition coefficient (Wildman–Crippen LogP) is 3.70. The summed E-state index contributed by atoms with van der Waals surface area (Å²) in [5.74, 6) is 2.57. The van der Waals surface area contributed by atoms with Gasteiger partial charge in [-0.1, -0.05) is 24.3 Å². The molecule has 2 heteroatoms. The molecule has 0 N–H and O–H groups in total. The molecule has 4 rings (SSSR count). The summed E-state index contributed by atoms with van der Waals surface area (Å²) in [7, 11) is 0. The largest absolute Gasteiger partial charge is 0.335 e. The molecule has 0 radical (unpaired) electrons. The maximum atomic E-state index is 12.8. The highest BCUT2D eigenvalue weighted by atomic mass is 16.2. The number of hydrogen-bond acceptors (Lipinski definition) is 1. The van der Waals surface area contributed by atoms with Gasteiger partial charge in [-0.25, -0.2) is 0 Å². The van der Waals surface area contributed by atoms with Crippen LogP contribution in [0.15, 0.2) is 24.3 Å². The van der Waals surface area contributed by atoms with E-state index in [1.807, 2.05) is 0 Å². The lowest BCUT2D eigenvalue weighted by Gasteiger charge is -2.29. The molecule has 2 saturated carbocycles. The van der Waals surface area contributed by atoms with Gasteiger partial charge in [0, 0.05) is 12.5 Å². The predicted molar refractivity (Wildman–Crippen MR) is 79.2 cm³/mol. The van der Waals surface area contributed by atoms with E-state index in [0.29, 0.717) is 17.9 Å². The van der Waals surface area contributed by atoms with Crippen molar-refractivity contribution in [2.75, 3.05) is 6.54 Å². The van der Waals surface area contributed by atoms with Crippen LogP contribution >= 0.6 is 0 Å². The molecule has 0 aromatic heterocycles. The number of aryl methyl sites for hydroxylation is 1. The minimum atomic E-state index is 0.334. The molecule has 20 heavy (non-hydrogen) atoms. The summed E-state index contributed by atoms with van der Waals surface area (Å²) < 4.78 is 0. The number of amides is 1. The Kier molecular flexibility index (Phi) is 2.87. The van der Waals surface area contributed by atoms with Gasteiger partial charge in [-0.05, 0) is 62.0 Å². The average molecular weight is 269 g/mol. The Morgan fingerprint density at radius 3 is 2.65 bits per heavy atom. The van der Waals surface area contributed by atoms with Gasteiger partial charge in [0.05, 0.1) is 6.04 Å². The van der Waals surface area contributed by atoms with Gasteiger partial charge in [-0.2, -0.15) is 0 Å². The molecular formula is C18H23NO. The molecule has 106 valence electrons. The zero-order valence-electron chi connectivity index (χ0n) is 12.2. The van der Waals surface area contributed by atoms with Crippen molar-refractivity contribution in [3.8, 4) is 0 Å². The van der Waals surface area contributed by atoms with Gasteiger partial charge >= 0.3 is 0 Å². The standard InChI is InChI=1S/C18H23NO/c1-12-5-2-3-6-16(12)17-7-4-8-19(17)18(20)15-10-13-9-14(13)11-15/h2-3,5-6,13-15,17H,4,7-11H2,1H3. The third-order valence-electron chi connectivity index (χ3n) is 5.68. The first kappa shape index (κ1) is 12.4. The topological polar surface area (TPSA) is 20.3 Å². The van der Waals surface area contributed by atoms with E-state index in [9.17, 15) is 4.79 Å². The summed E-state index contributed by atoms with van der Waals surface area (Å²) in [6, 6.07) is 8.90. The first-order valence-electron chi connectivity index (χ1n) is 8.10. The average Bonchev–Trinajstić information content (AvgIpc) is 2.91. The van der Waals surface area contributed by atoms with Gasteiger partial charge < -0.3 is 4.90 Å². The van der Waals surface area contributed by atoms with Gasteiger partial charge in [0.25, 0.3) is 0 Å². The van der Waals surface area contributed by atoms with E-state index in [0.717, 1.165) is 31.2 Å². The first-order valence-corrected chi connectivity index (χ1v) is 8.10. The van der Waals surface area contributed by atoms with E-state index in [1.54, 1.807) is 0 Å². The second-order valence-corrected chi connectivity index (χ2v) is 6.97. The van der Waals surface area contributed by atoms with Crippen molar-refractivity contribution in [2.24, 2.45) is 17.8 Å². The Balaban J connectivity index is 1.55. The van der Waals surface area contributed by atoms with Crippen LogP contribution in [0.4, 0.5) is 0 Å². The summed E-state index contributed by atoms with van der Waals surface area (Å²) >= 11 is 0. The molecule has 0 spiro atoms. The van der Waals surface area contributed by atoms with Gasteiger partial charge in [-0.3, -0.25) is 4.79 Å². The first-order chi connectivity index (χ1) is 9.74. The molecule has 1 amide bonds. The van der Waals surface area contributed by atoms with Crippen molar-refractivity contribution >= 4 is 5.91 Å². The van der Waals surface area contributed by atoms with Gasteiger partial charge in [0.1, 0.15) is 0 Å². The minimum Gasteiger partial charge on any atom is -0.335 e. The molecule has 1 aromatic rings. The second kappa shape index (κ2) is 4.61. The Bertz CT molecular complexity index is 528. The van der Waals surface area contributed by atoms with Crippen LogP contribution in [0.25, 0.3) is 0 Å². The van der Waals surface area contributed by atoms with Crippen molar-refractivity contribution < 1.29 is 4.79 Å². The van der Waals surface area contributed by atoms with E-state index in [4.69, 9.17) is 0 Å². The maximum absolute atomic E-state index is 12.8. The van der Waals surface area contributed by atoms with E-state index < -0.39 is 0 Å². The van der Waals surface area contributed by atoms with Crippen LogP contribution in [0.3, 0.4) is 0 Å². The highest BCUT2D eigenvalue weighted by Crippen LogP contribution is 2.55. The summed E-state index contributed by atoms with van der Waals surface area (Å²) in [6.07, 6.45) is 6.02. The van der Waals surface area contributed by atoms with Crippen molar-refractivity contribution in [1.29, 1.82) is 0 Å². The number of benzene rings is 1. The molecule has 1 aromatic carbocycles. The zero-order valence-corrected chi connectivity index (χ0v) is 12.2. The van der Waals surface area contributed by atoms with E-state index >= 15 is 0 Å². The van der Waals surface area contributed by atoms with Crippen LogP contribution in [-0.4, -0.2) is 17.4 Å². The number of fused-ring (bicyclic) bond motifs is 1. The number of carbonyl (C=O) groups is 1. The normalized spacial score (nSPS) is 35.1. The van der Waals surface area contributed by atoms with E-state index in [-0.39, 0.29) is 0 Å². The SMILES string of the molecule is Cc1ccccc1C1CCCN1C(=O)C1CC2CC2C1. The quantitative estimate of drug-likeness (QED) is 0.801. The van der Waals surface area contributed by atoms with Gasteiger partial charge in [0.2, 0.25) is 5.91 Å². The van der Waals surface area contributed by atoms with Crippen molar-refractivity contribution in [2.45, 2.75) is 45.1 Å². The molecule has 1 aliphatic heterocycles. The molecule has 2 nitrogen and oxygen atoms in total. The molecular weight excluding hydrogens is 246 g/mol. The lowest BCUT2D eigenvalue weighted by molar-refractivity contribution is -0.136. The Hall–Kier alpha value is -1.31. The van der Waals surface area contributed by atoms with E-state index in [2.05, 4.69) is 36.1 Å². The van der Waals surface area contributed by atoms with Crippen LogP contribution in [0, 0.1) is 24.7 Å². The van der Waals surface area contributed by atoms with Crippen LogP contribution in [0.1, 0.15) is 49.3 Å². The highest BCUT2D eigenvalue weighted by Gasteiger charge is 2.49. The highest BCUT2D eigenvalue weighted by molar-refractivity contribution is 5.80. The minimum absolute atomic E-state index is 0.334. The number of carbonyl (C=O) groups excluding carboxylic acids is 1. The number of rotatable bonds is 2. The Morgan fingerprint density at radius 2 is 1.90 bits per heavy atom. The third kappa shape index (κ3) is 1.97. The third-order valence-corrected chi connectivity index (χ3v) is 5.68. The number of hydrogen-bond donors (Lipinski definition) is 0. The summed E-state index contributed by atoms with van der Waals surface area (Å²) in [5, 5.41) is 0. The van der Waals surface area contributed by atoms with Gasteiger partial charge in [0.15, 0.2) is 0 Å². The second-order valence-electron chi connectivity index (χ2n) is 6.97. The molecule has 0 bridgehead atoms. The summed E-state index contributed by atoms with van der Waals surface area (Å²) in [4.78, 5) is 15.0. The van der Waals surface area contributed by atoms with Gasteiger partial charge in [-0.15, -0.1) is 0 Å². The molecule has 3 unspecified atom stereocenters. The van der Waals surface area contributed by atoms with Crippen molar-refractivity contribution in [3.63, 3.8) is 0 Å². The molecule has 3 atom stereocenters. The Labute approximate surface area is 121 Å². The van der Waals surface area contributed by atoms with Crippen molar-refractivity contribution in [1.82, 2.24) is 4.90 Å². The monoisotopic (exact) mass is 269 g/mol. The smallest absolute Gasteiger partial charge is 0.226 e. The summed E-state index contributed by atoms with van der Waals surface area (Å²) in [6.45, 7) is 3.13. The van der Waals surface area contributed by atoms with E-state index in [1.165, 1.54) is 30.4 Å². The molecule has 3 aliphatic rings. The van der Waals surface area contributed by atoms with Crippen molar-refractivity contribution in [3.05, 3.63) is 35.4 Å². The fourth-order valence-electron chi connectivity index (χ4n) is 4.47. The lowest BCUT2D eigenvalue weighted by atomic mass is 9.97. The zero-order chi connectivity index (χ0) is 13.7.